The van der Waals surface area contributed by atoms with Crippen LogP contribution in [0.15, 0.2) is 186 Å². The summed E-state index contributed by atoms with van der Waals surface area (Å²) in [5.41, 5.74) is 1.33. The van der Waals surface area contributed by atoms with Crippen LogP contribution in [-0.2, 0) is 0 Å². The molecule has 0 atom stereocenters. The van der Waals surface area contributed by atoms with E-state index in [1.165, 1.54) is 6.07 Å². The summed E-state index contributed by atoms with van der Waals surface area (Å²) in [5.74, 6) is 1.11. The van der Waals surface area contributed by atoms with Crippen LogP contribution >= 0.6 is 0 Å². The van der Waals surface area contributed by atoms with E-state index in [0.29, 0.717) is 28.6 Å². The Morgan fingerprint density at radius 2 is 1.11 bits per heavy atom. The Kier molecular flexibility index (Phi) is 4.24. The van der Waals surface area contributed by atoms with Crippen LogP contribution in [0.25, 0.3) is 105 Å². The summed E-state index contributed by atoms with van der Waals surface area (Å²) in [4.78, 5) is 14.5. The van der Waals surface area contributed by atoms with Gasteiger partial charge in [-0.25, -0.2) is 15.0 Å². The number of para-hydroxylation sites is 1. The van der Waals surface area contributed by atoms with Crippen LogP contribution in [0, 0.1) is 0 Å². The van der Waals surface area contributed by atoms with Gasteiger partial charge in [0.1, 0.15) is 11.2 Å². The van der Waals surface area contributed by atoms with Crippen LogP contribution in [0.2, 0.25) is 0 Å². The van der Waals surface area contributed by atoms with E-state index in [1.807, 2.05) is 60.7 Å². The molecular weight excluding hydrogens is 661 g/mol. The summed E-state index contributed by atoms with van der Waals surface area (Å²) in [7, 11) is 0. The van der Waals surface area contributed by atoms with Crippen molar-refractivity contribution in [3.63, 3.8) is 0 Å². The quantitative estimate of drug-likeness (QED) is 0.179. The van der Waals surface area contributed by atoms with Gasteiger partial charge in [-0.2, -0.15) is 0 Å². The number of fused-ring (bicyclic) bond motifs is 8. The molecule has 0 amide bonds. The molecule has 252 valence electrons. The van der Waals surface area contributed by atoms with Gasteiger partial charge < -0.3 is 8.98 Å². The minimum Gasteiger partial charge on any atom is -0.456 e. The molecule has 0 spiro atoms. The molecule has 11 aromatic rings. The van der Waals surface area contributed by atoms with Crippen molar-refractivity contribution in [1.29, 1.82) is 0 Å². The molecule has 8 aromatic carbocycles. The molecule has 0 aliphatic carbocycles. The van der Waals surface area contributed by atoms with E-state index in [4.69, 9.17) is 34.4 Å². The number of aromatic nitrogens is 4. The first-order chi connectivity index (χ1) is 33.0. The fraction of sp³-hybridized carbons (Fsp3) is 0. The van der Waals surface area contributed by atoms with E-state index in [-0.39, 0.29) is 71.8 Å². The SMILES string of the molecule is [2H]c1c([2H])c(-c2cccc(-c3nc(-c4ccccc4)nc(-c4ccccc4)n3)c2)c2c(oc3cc(-n4c5c([2H])c([2H])c([2H])c([2H])c5c5c6c([2H])c([2H])c([2H])c([2H])c6c([2H])c([2H])c54)c([2H])c([2H])c32)c1[2H]. The second kappa shape index (κ2) is 12.1. The number of benzene rings is 8. The molecule has 0 aliphatic rings. The van der Waals surface area contributed by atoms with E-state index in [1.54, 1.807) is 24.3 Å². The maximum atomic E-state index is 9.61. The van der Waals surface area contributed by atoms with Gasteiger partial charge in [-0.1, -0.05) is 139 Å². The molecule has 0 fully saturated rings. The van der Waals surface area contributed by atoms with Crippen molar-refractivity contribution in [2.24, 2.45) is 0 Å². The zero-order valence-electron chi connectivity index (χ0n) is 42.9. The third kappa shape index (κ3) is 4.83. The zero-order valence-corrected chi connectivity index (χ0v) is 27.9. The third-order valence-electron chi connectivity index (χ3n) is 9.33. The standard InChI is InChI=1S/C49H30N4O/c1-3-14-32(15-4-1)47-50-48(33-16-5-2-6-17-33)52-49(51-47)35-19-11-18-34(29-35)38-22-12-24-43-46(38)40-27-26-36(30-44(40)54-43)53-41-23-10-9-21-39(41)45-37-20-8-7-13-31(37)25-28-42(45)53/h1-30H/i7D,8D,9D,10D,12D,13D,20D,21D,22D,23D,24D,25D,26D,27D,28D. The number of furan rings is 1. The van der Waals surface area contributed by atoms with Gasteiger partial charge in [0.25, 0.3) is 0 Å². The van der Waals surface area contributed by atoms with E-state index < -0.39 is 84.6 Å². The van der Waals surface area contributed by atoms with Crippen LogP contribution < -0.4 is 0 Å². The molecule has 5 heteroatoms. The summed E-state index contributed by atoms with van der Waals surface area (Å²) in [6.45, 7) is 0. The van der Waals surface area contributed by atoms with Crippen molar-refractivity contribution in [2.45, 2.75) is 0 Å². The van der Waals surface area contributed by atoms with Gasteiger partial charge in [0, 0.05) is 50.0 Å². The first-order valence-corrected chi connectivity index (χ1v) is 16.9. The van der Waals surface area contributed by atoms with Crippen molar-refractivity contribution >= 4 is 54.5 Å². The van der Waals surface area contributed by atoms with Crippen molar-refractivity contribution < 1.29 is 25.0 Å². The Hall–Kier alpha value is -7.37. The van der Waals surface area contributed by atoms with Crippen molar-refractivity contribution in [1.82, 2.24) is 19.5 Å². The van der Waals surface area contributed by atoms with E-state index >= 15 is 0 Å². The molecule has 54 heavy (non-hydrogen) atoms. The minimum atomic E-state index is -0.691. The molecule has 0 aliphatic heterocycles. The fourth-order valence-corrected chi connectivity index (χ4v) is 6.90. The first-order valence-electron chi connectivity index (χ1n) is 24.4. The predicted octanol–water partition coefficient (Wildman–Crippen LogP) is 12.7. The fourth-order valence-electron chi connectivity index (χ4n) is 6.90. The number of hydrogen-bond donors (Lipinski definition) is 0. The van der Waals surface area contributed by atoms with E-state index in [0.717, 1.165) is 15.7 Å². The van der Waals surface area contributed by atoms with Gasteiger partial charge in [0.15, 0.2) is 17.5 Å². The first kappa shape index (κ1) is 18.9. The smallest absolute Gasteiger partial charge is 0.164 e. The second-order valence-corrected chi connectivity index (χ2v) is 12.5. The van der Waals surface area contributed by atoms with Gasteiger partial charge in [0.05, 0.1) is 31.6 Å². The number of nitrogens with zero attached hydrogens (tertiary/aromatic N) is 4. The van der Waals surface area contributed by atoms with Crippen LogP contribution in [0.5, 0.6) is 0 Å². The van der Waals surface area contributed by atoms with Gasteiger partial charge in [-0.15, -0.1) is 0 Å². The second-order valence-electron chi connectivity index (χ2n) is 12.5. The molecule has 0 N–H and O–H groups in total. The lowest BCUT2D eigenvalue weighted by Crippen LogP contribution is -2.00. The molecule has 3 aromatic heterocycles. The molecule has 0 bridgehead atoms. The van der Waals surface area contributed by atoms with Gasteiger partial charge in [0.2, 0.25) is 0 Å². The lowest BCUT2D eigenvalue weighted by atomic mass is 9.97. The number of rotatable bonds is 5. The summed E-state index contributed by atoms with van der Waals surface area (Å²) in [6.07, 6.45) is 0. The van der Waals surface area contributed by atoms with Crippen LogP contribution in [0.3, 0.4) is 0 Å². The zero-order chi connectivity index (χ0) is 48.6. The Labute approximate surface area is 331 Å². The summed E-state index contributed by atoms with van der Waals surface area (Å²) in [6, 6.07) is 18.1. The summed E-state index contributed by atoms with van der Waals surface area (Å²) >= 11 is 0. The lowest BCUT2D eigenvalue weighted by Gasteiger charge is -2.10. The Bertz CT molecular complexity index is 4030. The average molecular weight is 706 g/mol. The average Bonchev–Trinajstić information content (AvgIpc) is 3.93. The highest BCUT2D eigenvalue weighted by Gasteiger charge is 2.19. The predicted molar refractivity (Wildman–Crippen MR) is 221 cm³/mol. The Morgan fingerprint density at radius 1 is 0.444 bits per heavy atom. The lowest BCUT2D eigenvalue weighted by molar-refractivity contribution is 0.668. The van der Waals surface area contributed by atoms with Crippen LogP contribution in [0.4, 0.5) is 0 Å². The molecule has 0 radical (unpaired) electrons. The van der Waals surface area contributed by atoms with Gasteiger partial charge in [-0.3, -0.25) is 0 Å². The van der Waals surface area contributed by atoms with Crippen molar-refractivity contribution in [3.8, 4) is 51.0 Å². The highest BCUT2D eigenvalue weighted by molar-refractivity contribution is 6.21. The summed E-state index contributed by atoms with van der Waals surface area (Å²) < 4.78 is 142. The molecule has 0 saturated heterocycles. The van der Waals surface area contributed by atoms with Crippen LogP contribution in [-0.4, -0.2) is 19.5 Å². The number of hydrogen-bond acceptors (Lipinski definition) is 4. The maximum absolute atomic E-state index is 9.61. The largest absolute Gasteiger partial charge is 0.456 e. The summed E-state index contributed by atoms with van der Waals surface area (Å²) in [5, 5.41) is -0.985. The maximum Gasteiger partial charge on any atom is 0.164 e. The van der Waals surface area contributed by atoms with E-state index in [9.17, 15) is 5.48 Å². The molecule has 0 unspecified atom stereocenters. The van der Waals surface area contributed by atoms with Gasteiger partial charge >= 0.3 is 0 Å². The Morgan fingerprint density at radius 3 is 1.89 bits per heavy atom. The topological polar surface area (TPSA) is 56.7 Å². The monoisotopic (exact) mass is 705 g/mol. The molecule has 11 rings (SSSR count). The third-order valence-corrected chi connectivity index (χ3v) is 9.33. The molecule has 3 heterocycles. The normalized spacial score (nSPS) is 15.6. The van der Waals surface area contributed by atoms with Crippen molar-refractivity contribution in [2.75, 3.05) is 0 Å². The molecular formula is C49H30N4O. The minimum absolute atomic E-state index is 0.0199. The van der Waals surface area contributed by atoms with Crippen molar-refractivity contribution in [3.05, 3.63) is 182 Å². The highest BCUT2D eigenvalue weighted by atomic mass is 16.3. The highest BCUT2D eigenvalue weighted by Crippen LogP contribution is 2.41. The molecule has 5 nitrogen and oxygen atoms in total. The van der Waals surface area contributed by atoms with Crippen LogP contribution in [0.1, 0.15) is 20.6 Å². The van der Waals surface area contributed by atoms with E-state index in [2.05, 4.69) is 0 Å². The van der Waals surface area contributed by atoms with Gasteiger partial charge in [-0.05, 0) is 58.2 Å². The molecule has 0 saturated carbocycles. The Balaban J connectivity index is 1.20.